The van der Waals surface area contributed by atoms with Gasteiger partial charge in [0.15, 0.2) is 0 Å². The number of para-hydroxylation sites is 5. The Balaban J connectivity index is 0.976. The second-order valence-corrected chi connectivity index (χ2v) is 16.1. The van der Waals surface area contributed by atoms with Gasteiger partial charge in [-0.2, -0.15) is 0 Å². The maximum absolute atomic E-state index is 2.42. The van der Waals surface area contributed by atoms with E-state index in [2.05, 4.69) is 226 Å². The number of anilines is 3. The lowest BCUT2D eigenvalue weighted by molar-refractivity contribution is 1.17. The summed E-state index contributed by atoms with van der Waals surface area (Å²) in [5, 5.41) is 5.03. The summed E-state index contributed by atoms with van der Waals surface area (Å²) < 4.78 is 4.75. The first-order valence-corrected chi connectivity index (χ1v) is 20.6. The van der Waals surface area contributed by atoms with Gasteiger partial charge in [0.2, 0.25) is 0 Å². The van der Waals surface area contributed by atoms with E-state index in [1.165, 1.54) is 98.4 Å². The number of hydrogen-bond donors (Lipinski definition) is 0. The molecule has 0 saturated carbocycles. The third-order valence-electron chi connectivity index (χ3n) is 11.7. The van der Waals surface area contributed by atoms with Crippen LogP contribution < -0.4 is 4.90 Å². The van der Waals surface area contributed by atoms with E-state index in [1.807, 2.05) is 11.8 Å². The van der Waals surface area contributed by atoms with Gasteiger partial charge in [0.1, 0.15) is 0 Å². The molecule has 2 aromatic heterocycles. The van der Waals surface area contributed by atoms with Crippen LogP contribution in [0.3, 0.4) is 0 Å². The van der Waals surface area contributed by atoms with E-state index in [4.69, 9.17) is 0 Å². The van der Waals surface area contributed by atoms with Gasteiger partial charge in [0.05, 0.1) is 33.4 Å². The number of nitrogens with zero attached hydrogens (tertiary/aromatic N) is 3. The average Bonchev–Trinajstić information content (AvgIpc) is 3.81. The normalized spacial score (nSPS) is 12.4. The highest BCUT2D eigenvalue weighted by molar-refractivity contribution is 7.99. The highest BCUT2D eigenvalue weighted by Crippen LogP contribution is 2.53. The van der Waals surface area contributed by atoms with Crippen molar-refractivity contribution in [2.24, 2.45) is 0 Å². The zero-order valence-electron chi connectivity index (χ0n) is 31.5. The second-order valence-electron chi connectivity index (χ2n) is 15.0. The van der Waals surface area contributed by atoms with Gasteiger partial charge < -0.3 is 14.0 Å². The third-order valence-corrected chi connectivity index (χ3v) is 12.8. The van der Waals surface area contributed by atoms with Gasteiger partial charge in [-0.3, -0.25) is 0 Å². The molecule has 0 amide bonds. The van der Waals surface area contributed by atoms with Crippen LogP contribution in [0.15, 0.2) is 222 Å². The Kier molecular flexibility index (Phi) is 7.47. The summed E-state index contributed by atoms with van der Waals surface area (Å²) in [6, 6.07) is 77.4. The van der Waals surface area contributed by atoms with Crippen LogP contribution in [0.5, 0.6) is 0 Å². The first-order valence-electron chi connectivity index (χ1n) is 19.8. The van der Waals surface area contributed by atoms with E-state index in [0.29, 0.717) is 0 Å². The first-order chi connectivity index (χ1) is 28.8. The largest absolute Gasteiger partial charge is 0.309 e. The smallest absolute Gasteiger partial charge is 0.0602 e. The van der Waals surface area contributed by atoms with Gasteiger partial charge in [-0.25, -0.2) is 0 Å². The SMILES string of the molecule is c1ccc(N2c3ccc(-c4ccc5c(c4)c4ccccc4n5-c4ccccc4)cc3Sc3cc(-c4ccc5c(c4)c4ccccc4n5-c4ccccc4)ccc32)cc1. The summed E-state index contributed by atoms with van der Waals surface area (Å²) in [6.45, 7) is 0. The van der Waals surface area contributed by atoms with E-state index in [9.17, 15) is 0 Å². The molecule has 1 aliphatic heterocycles. The molecule has 272 valence electrons. The van der Waals surface area contributed by atoms with E-state index in [-0.39, 0.29) is 0 Å². The van der Waals surface area contributed by atoms with Crippen LogP contribution in [0.2, 0.25) is 0 Å². The van der Waals surface area contributed by atoms with Crippen LogP contribution in [-0.2, 0) is 0 Å². The zero-order valence-corrected chi connectivity index (χ0v) is 32.3. The van der Waals surface area contributed by atoms with Crippen LogP contribution in [-0.4, -0.2) is 9.13 Å². The molecular weight excluding hydrogens is 723 g/mol. The van der Waals surface area contributed by atoms with Crippen LogP contribution in [0, 0.1) is 0 Å². The Morgan fingerprint density at radius 1 is 0.276 bits per heavy atom. The number of aromatic nitrogens is 2. The topological polar surface area (TPSA) is 13.1 Å². The maximum atomic E-state index is 2.42. The molecule has 0 N–H and O–H groups in total. The van der Waals surface area contributed by atoms with Crippen molar-refractivity contribution in [3.8, 4) is 33.6 Å². The molecule has 0 bridgehead atoms. The van der Waals surface area contributed by atoms with Gasteiger partial charge in [-0.15, -0.1) is 0 Å². The first kappa shape index (κ1) is 32.9. The van der Waals surface area contributed by atoms with Crippen molar-refractivity contribution in [3.05, 3.63) is 212 Å². The molecule has 11 aromatic rings. The van der Waals surface area contributed by atoms with Crippen LogP contribution in [0.25, 0.3) is 77.2 Å². The van der Waals surface area contributed by atoms with Crippen molar-refractivity contribution < 1.29 is 0 Å². The Bertz CT molecular complexity index is 3160. The summed E-state index contributed by atoms with van der Waals surface area (Å²) in [4.78, 5) is 4.89. The van der Waals surface area contributed by atoms with E-state index >= 15 is 0 Å². The number of benzene rings is 9. The minimum atomic E-state index is 1.15. The van der Waals surface area contributed by atoms with Gasteiger partial charge >= 0.3 is 0 Å². The van der Waals surface area contributed by atoms with Crippen LogP contribution in [0.4, 0.5) is 17.1 Å². The molecule has 0 aliphatic carbocycles. The van der Waals surface area contributed by atoms with Crippen molar-refractivity contribution in [3.63, 3.8) is 0 Å². The molecule has 4 heteroatoms. The molecule has 0 fully saturated rings. The van der Waals surface area contributed by atoms with Gasteiger partial charge in [-0.1, -0.05) is 127 Å². The fraction of sp³-hybridized carbons (Fsp3) is 0. The minimum Gasteiger partial charge on any atom is -0.309 e. The van der Waals surface area contributed by atoms with E-state index in [0.717, 1.165) is 5.69 Å². The monoisotopic (exact) mass is 757 g/mol. The lowest BCUT2D eigenvalue weighted by Crippen LogP contribution is -2.14. The fourth-order valence-corrected chi connectivity index (χ4v) is 10.2. The Labute approximate surface area is 340 Å². The molecule has 0 unspecified atom stereocenters. The molecule has 3 heterocycles. The lowest BCUT2D eigenvalue weighted by Gasteiger charge is -2.33. The summed E-state index contributed by atoms with van der Waals surface area (Å²) in [6.07, 6.45) is 0. The molecular formula is C54H35N3S. The zero-order chi connectivity index (χ0) is 38.2. The van der Waals surface area contributed by atoms with Crippen molar-refractivity contribution >= 4 is 72.4 Å². The quantitative estimate of drug-likeness (QED) is 0.173. The average molecular weight is 758 g/mol. The lowest BCUT2D eigenvalue weighted by atomic mass is 10.0. The Hall–Kier alpha value is -7.27. The summed E-state index contributed by atoms with van der Waals surface area (Å²) in [5.41, 5.74) is 15.6. The second kappa shape index (κ2) is 13.2. The van der Waals surface area contributed by atoms with E-state index in [1.54, 1.807) is 0 Å². The number of rotatable bonds is 5. The van der Waals surface area contributed by atoms with Crippen molar-refractivity contribution in [2.75, 3.05) is 4.90 Å². The molecule has 0 saturated heterocycles. The predicted octanol–water partition coefficient (Wildman–Crippen LogP) is 15.1. The highest BCUT2D eigenvalue weighted by Gasteiger charge is 2.26. The predicted molar refractivity (Wildman–Crippen MR) is 245 cm³/mol. The van der Waals surface area contributed by atoms with Crippen molar-refractivity contribution in [1.29, 1.82) is 0 Å². The Morgan fingerprint density at radius 2 is 0.638 bits per heavy atom. The molecule has 0 atom stereocenters. The molecule has 0 spiro atoms. The van der Waals surface area contributed by atoms with Gasteiger partial charge in [-0.05, 0) is 119 Å². The molecule has 12 rings (SSSR count). The standard InChI is InChI=1S/C54H35N3S/c1-4-14-40(15-5-1)55-47-22-12-10-20-43(47)45-32-36(24-28-49(45)55)38-26-30-51-53(34-38)58-54-35-39(27-31-52(54)57(51)42-18-8-3-9-19-42)37-25-29-50-46(33-37)44-21-11-13-23-48(44)56(50)41-16-6-2-7-17-41/h1-35H. The number of fused-ring (bicyclic) bond motifs is 8. The number of hydrogen-bond acceptors (Lipinski definition) is 2. The summed E-state index contributed by atoms with van der Waals surface area (Å²) >= 11 is 1.86. The Morgan fingerprint density at radius 3 is 1.10 bits per heavy atom. The van der Waals surface area contributed by atoms with Crippen molar-refractivity contribution in [1.82, 2.24) is 9.13 Å². The highest BCUT2D eigenvalue weighted by atomic mass is 32.2. The third kappa shape index (κ3) is 5.16. The van der Waals surface area contributed by atoms with E-state index < -0.39 is 0 Å². The summed E-state index contributed by atoms with van der Waals surface area (Å²) in [5.74, 6) is 0. The van der Waals surface area contributed by atoms with Gasteiger partial charge in [0, 0.05) is 48.4 Å². The van der Waals surface area contributed by atoms with Crippen LogP contribution in [0.1, 0.15) is 0 Å². The minimum absolute atomic E-state index is 1.15. The molecule has 58 heavy (non-hydrogen) atoms. The maximum Gasteiger partial charge on any atom is 0.0602 e. The molecule has 0 radical (unpaired) electrons. The van der Waals surface area contributed by atoms with Gasteiger partial charge in [0.25, 0.3) is 0 Å². The molecule has 9 aromatic carbocycles. The summed E-state index contributed by atoms with van der Waals surface area (Å²) in [7, 11) is 0. The molecule has 1 aliphatic rings. The van der Waals surface area contributed by atoms with Crippen LogP contribution >= 0.6 is 11.8 Å². The van der Waals surface area contributed by atoms with Crippen molar-refractivity contribution in [2.45, 2.75) is 9.79 Å². The fourth-order valence-electron chi connectivity index (χ4n) is 9.04. The molecule has 3 nitrogen and oxygen atoms in total.